The van der Waals surface area contributed by atoms with E-state index in [0.717, 1.165) is 16.8 Å². The van der Waals surface area contributed by atoms with Crippen LogP contribution >= 0.6 is 0 Å². The molecule has 0 aromatic heterocycles. The van der Waals surface area contributed by atoms with Gasteiger partial charge >= 0.3 is 6.03 Å². The second kappa shape index (κ2) is 10.2. The molecule has 0 saturated carbocycles. The van der Waals surface area contributed by atoms with Crippen LogP contribution in [0.15, 0.2) is 84.9 Å². The van der Waals surface area contributed by atoms with Crippen molar-refractivity contribution in [2.24, 2.45) is 0 Å². The largest absolute Gasteiger partial charge is 0.369 e. The van der Waals surface area contributed by atoms with Crippen LogP contribution in [0.5, 0.6) is 0 Å². The predicted octanol–water partition coefficient (Wildman–Crippen LogP) is 3.88. The lowest BCUT2D eigenvalue weighted by atomic mass is 10.1. The van der Waals surface area contributed by atoms with Gasteiger partial charge in [-0.05, 0) is 23.3 Å². The summed E-state index contributed by atoms with van der Waals surface area (Å²) in [5.41, 5.74) is 2.76. The third-order valence-electron chi connectivity index (χ3n) is 6.74. The van der Waals surface area contributed by atoms with Crippen LogP contribution < -0.4 is 4.90 Å². The quantitative estimate of drug-likeness (QED) is 0.287. The summed E-state index contributed by atoms with van der Waals surface area (Å²) >= 11 is 0. The van der Waals surface area contributed by atoms with Gasteiger partial charge in [-0.1, -0.05) is 60.7 Å². The number of non-ortho nitro benzene ring substituents is 1. The van der Waals surface area contributed by atoms with E-state index in [1.807, 2.05) is 60.7 Å². The average Bonchev–Trinajstić information content (AvgIpc) is 3.14. The molecule has 5 rings (SSSR count). The number of piperazine rings is 1. The van der Waals surface area contributed by atoms with E-state index in [4.69, 9.17) is 0 Å². The van der Waals surface area contributed by atoms with Gasteiger partial charge in [0.1, 0.15) is 6.04 Å². The number of carbonyl (C=O) groups excluding carboxylic acids is 2. The lowest BCUT2D eigenvalue weighted by Gasteiger charge is -2.37. The number of amides is 3. The Balaban J connectivity index is 1.28. The van der Waals surface area contributed by atoms with Crippen molar-refractivity contribution in [3.05, 3.63) is 106 Å². The zero-order valence-corrected chi connectivity index (χ0v) is 19.8. The van der Waals surface area contributed by atoms with Gasteiger partial charge in [0.2, 0.25) is 0 Å². The number of nitro benzene ring substituents is 1. The van der Waals surface area contributed by atoms with E-state index in [0.29, 0.717) is 32.7 Å². The van der Waals surface area contributed by atoms with E-state index < -0.39 is 11.0 Å². The number of hydrogen-bond donors (Lipinski definition) is 0. The van der Waals surface area contributed by atoms with Gasteiger partial charge in [-0.15, -0.1) is 0 Å². The normalized spacial score (nSPS) is 18.7. The summed E-state index contributed by atoms with van der Waals surface area (Å²) in [4.78, 5) is 44.8. The van der Waals surface area contributed by atoms with Crippen molar-refractivity contribution in [3.63, 3.8) is 0 Å². The molecule has 9 nitrogen and oxygen atoms in total. The molecule has 3 aromatic rings. The van der Waals surface area contributed by atoms with E-state index in [9.17, 15) is 19.7 Å². The average molecular weight is 486 g/mol. The third-order valence-corrected chi connectivity index (χ3v) is 6.74. The molecule has 2 saturated heterocycles. The number of imide groups is 1. The molecule has 1 atom stereocenters. The second-order valence-corrected chi connectivity index (χ2v) is 9.00. The van der Waals surface area contributed by atoms with Crippen molar-refractivity contribution in [2.45, 2.75) is 12.6 Å². The number of carbonyl (C=O) groups is 2. The van der Waals surface area contributed by atoms with E-state index >= 15 is 0 Å². The van der Waals surface area contributed by atoms with Gasteiger partial charge in [-0.25, -0.2) is 9.69 Å². The molecule has 184 valence electrons. The van der Waals surface area contributed by atoms with Crippen LogP contribution in [0.4, 0.5) is 16.2 Å². The van der Waals surface area contributed by atoms with Crippen molar-refractivity contribution < 1.29 is 14.5 Å². The summed E-state index contributed by atoms with van der Waals surface area (Å²) < 4.78 is 0. The molecule has 2 fully saturated rings. The van der Waals surface area contributed by atoms with Gasteiger partial charge < -0.3 is 9.80 Å². The van der Waals surface area contributed by atoms with E-state index in [1.54, 1.807) is 17.0 Å². The Hall–Kier alpha value is -4.24. The molecule has 0 N–H and O–H groups in total. The summed E-state index contributed by atoms with van der Waals surface area (Å²) in [5, 5.41) is 10.9. The van der Waals surface area contributed by atoms with Crippen LogP contribution in [0.1, 0.15) is 17.2 Å². The Morgan fingerprint density at radius 1 is 0.806 bits per heavy atom. The molecule has 0 aliphatic carbocycles. The fourth-order valence-electron chi connectivity index (χ4n) is 4.80. The molecule has 2 aliphatic heterocycles. The molecule has 2 heterocycles. The first-order chi connectivity index (χ1) is 17.5. The highest BCUT2D eigenvalue weighted by atomic mass is 16.6. The third kappa shape index (κ3) is 4.78. The Labute approximate surface area is 209 Å². The fourth-order valence-corrected chi connectivity index (χ4v) is 4.80. The Morgan fingerprint density at radius 2 is 1.42 bits per heavy atom. The number of benzene rings is 3. The highest BCUT2D eigenvalue weighted by Gasteiger charge is 2.46. The van der Waals surface area contributed by atoms with Crippen LogP contribution in [0, 0.1) is 10.1 Å². The summed E-state index contributed by atoms with van der Waals surface area (Å²) in [5.74, 6) is -0.208. The molecule has 0 radical (unpaired) electrons. The number of nitro groups is 1. The maximum Gasteiger partial charge on any atom is 0.329 e. The molecular formula is C27H27N5O4. The molecule has 9 heteroatoms. The minimum atomic E-state index is -0.652. The fraction of sp³-hybridized carbons (Fsp3) is 0.259. The summed E-state index contributed by atoms with van der Waals surface area (Å²) in [6.07, 6.45) is 0. The maximum absolute atomic E-state index is 13.5. The SMILES string of the molecule is O=C1[C@@H](c2ccccc2)N(Cc2ccccc2)C(=O)N1CN1CCN(c2ccc([N+](=O)[O-])cc2)CC1. The zero-order chi connectivity index (χ0) is 25.1. The first kappa shape index (κ1) is 23.5. The van der Waals surface area contributed by atoms with Crippen LogP contribution in [-0.4, -0.2) is 64.4 Å². The van der Waals surface area contributed by atoms with Crippen molar-refractivity contribution in [1.82, 2.24) is 14.7 Å². The van der Waals surface area contributed by atoms with Gasteiger partial charge in [0, 0.05) is 50.5 Å². The lowest BCUT2D eigenvalue weighted by molar-refractivity contribution is -0.384. The molecule has 36 heavy (non-hydrogen) atoms. The highest BCUT2D eigenvalue weighted by Crippen LogP contribution is 2.33. The monoisotopic (exact) mass is 485 g/mol. The summed E-state index contributed by atoms with van der Waals surface area (Å²) in [6.45, 7) is 3.33. The van der Waals surface area contributed by atoms with Crippen LogP contribution in [-0.2, 0) is 11.3 Å². The Morgan fingerprint density at radius 3 is 2.03 bits per heavy atom. The number of rotatable bonds is 7. The molecule has 0 unspecified atom stereocenters. The van der Waals surface area contributed by atoms with Crippen LogP contribution in [0.3, 0.4) is 0 Å². The standard InChI is InChI=1S/C27H27N5O4/c33-26-25(22-9-5-2-6-10-22)30(19-21-7-3-1-4-8-21)27(34)31(26)20-28-15-17-29(18-16-28)23-11-13-24(14-12-23)32(35)36/h1-14,25H,15-20H2/t25-/m1/s1. The number of nitrogens with zero attached hydrogens (tertiary/aromatic N) is 5. The van der Waals surface area contributed by atoms with Crippen molar-refractivity contribution in [3.8, 4) is 0 Å². The van der Waals surface area contributed by atoms with Crippen molar-refractivity contribution >= 4 is 23.3 Å². The molecule has 0 bridgehead atoms. The van der Waals surface area contributed by atoms with Gasteiger partial charge in [0.15, 0.2) is 0 Å². The van der Waals surface area contributed by atoms with Crippen molar-refractivity contribution in [1.29, 1.82) is 0 Å². The minimum absolute atomic E-state index is 0.0662. The lowest BCUT2D eigenvalue weighted by Crippen LogP contribution is -2.51. The number of hydrogen-bond acceptors (Lipinski definition) is 6. The van der Waals surface area contributed by atoms with Gasteiger partial charge in [0.25, 0.3) is 11.6 Å². The van der Waals surface area contributed by atoms with Gasteiger partial charge in [-0.2, -0.15) is 0 Å². The summed E-state index contributed by atoms with van der Waals surface area (Å²) in [7, 11) is 0. The Bertz CT molecular complexity index is 1230. The minimum Gasteiger partial charge on any atom is -0.369 e. The van der Waals surface area contributed by atoms with E-state index in [1.165, 1.54) is 17.0 Å². The number of urea groups is 1. The summed E-state index contributed by atoms with van der Waals surface area (Å²) in [6, 6.07) is 24.7. The Kier molecular flexibility index (Phi) is 6.64. The molecule has 3 aromatic carbocycles. The van der Waals surface area contributed by atoms with E-state index in [-0.39, 0.29) is 24.3 Å². The maximum atomic E-state index is 13.5. The predicted molar refractivity (Wildman–Crippen MR) is 135 cm³/mol. The van der Waals surface area contributed by atoms with Gasteiger partial charge in [-0.3, -0.25) is 19.8 Å². The molecule has 2 aliphatic rings. The number of anilines is 1. The first-order valence-corrected chi connectivity index (χ1v) is 11.9. The zero-order valence-electron chi connectivity index (χ0n) is 19.8. The van der Waals surface area contributed by atoms with Crippen LogP contribution in [0.25, 0.3) is 0 Å². The smallest absolute Gasteiger partial charge is 0.329 e. The second-order valence-electron chi connectivity index (χ2n) is 9.00. The molecular weight excluding hydrogens is 458 g/mol. The van der Waals surface area contributed by atoms with E-state index in [2.05, 4.69) is 9.80 Å². The first-order valence-electron chi connectivity index (χ1n) is 11.9. The topological polar surface area (TPSA) is 90.2 Å². The highest BCUT2D eigenvalue weighted by molar-refractivity contribution is 6.04. The van der Waals surface area contributed by atoms with Gasteiger partial charge in [0.05, 0.1) is 11.6 Å². The molecule has 3 amide bonds. The van der Waals surface area contributed by atoms with Crippen LogP contribution in [0.2, 0.25) is 0 Å². The molecule has 0 spiro atoms. The van der Waals surface area contributed by atoms with Crippen molar-refractivity contribution in [2.75, 3.05) is 37.7 Å².